The first-order valence-electron chi connectivity index (χ1n) is 8.40. The Hall–Kier alpha value is -2.68. The Morgan fingerprint density at radius 3 is 2.40 bits per heavy atom. The first-order valence-corrected chi connectivity index (χ1v) is 8.40. The Labute approximate surface area is 147 Å². The van der Waals surface area contributed by atoms with Crippen LogP contribution in [-0.2, 0) is 4.79 Å². The standard InChI is InChI=1S/C22H21FO2/c1-13(2)16-6-4-15(5-7-16)10-19-14(3)20(12-22(24)25)21-11-17(23)8-9-18(19)21/h4-11,13H,12H2,1-3H3,(H,24,25). The summed E-state index contributed by atoms with van der Waals surface area (Å²) in [5.74, 6) is -0.787. The van der Waals surface area contributed by atoms with Crippen molar-refractivity contribution < 1.29 is 14.3 Å². The van der Waals surface area contributed by atoms with E-state index in [0.717, 1.165) is 22.3 Å². The van der Waals surface area contributed by atoms with E-state index in [1.54, 1.807) is 6.07 Å². The van der Waals surface area contributed by atoms with Crippen LogP contribution in [0.2, 0.25) is 0 Å². The third-order valence-electron chi connectivity index (χ3n) is 4.70. The normalized spacial score (nSPS) is 15.2. The van der Waals surface area contributed by atoms with Crippen LogP contribution in [0.4, 0.5) is 4.39 Å². The van der Waals surface area contributed by atoms with E-state index in [1.165, 1.54) is 17.7 Å². The molecule has 0 aliphatic heterocycles. The lowest BCUT2D eigenvalue weighted by Gasteiger charge is -2.07. The van der Waals surface area contributed by atoms with E-state index >= 15 is 0 Å². The second-order valence-corrected chi connectivity index (χ2v) is 6.74. The molecule has 0 radical (unpaired) electrons. The van der Waals surface area contributed by atoms with Crippen molar-refractivity contribution in [3.05, 3.63) is 76.1 Å². The molecule has 2 nitrogen and oxygen atoms in total. The van der Waals surface area contributed by atoms with Crippen LogP contribution in [0.25, 0.3) is 17.2 Å². The van der Waals surface area contributed by atoms with Gasteiger partial charge in [-0.25, -0.2) is 4.39 Å². The number of carboxylic acid groups (broad SMARTS) is 1. The van der Waals surface area contributed by atoms with Crippen LogP contribution in [0.1, 0.15) is 55.4 Å². The summed E-state index contributed by atoms with van der Waals surface area (Å²) < 4.78 is 13.7. The van der Waals surface area contributed by atoms with Crippen molar-refractivity contribution in [2.75, 3.05) is 0 Å². The number of aliphatic carboxylic acids is 1. The number of allylic oxidation sites excluding steroid dienone is 2. The highest BCUT2D eigenvalue weighted by Gasteiger charge is 2.25. The number of rotatable bonds is 4. The third-order valence-corrected chi connectivity index (χ3v) is 4.70. The monoisotopic (exact) mass is 336 g/mol. The van der Waals surface area contributed by atoms with E-state index in [1.807, 2.05) is 13.0 Å². The minimum Gasteiger partial charge on any atom is -0.481 e. The minimum absolute atomic E-state index is 0.105. The van der Waals surface area contributed by atoms with Crippen LogP contribution in [-0.4, -0.2) is 11.1 Å². The summed E-state index contributed by atoms with van der Waals surface area (Å²) in [4.78, 5) is 11.2. The molecule has 25 heavy (non-hydrogen) atoms. The first kappa shape index (κ1) is 17.2. The van der Waals surface area contributed by atoms with Gasteiger partial charge in [0.2, 0.25) is 0 Å². The largest absolute Gasteiger partial charge is 0.481 e. The second-order valence-electron chi connectivity index (χ2n) is 6.74. The van der Waals surface area contributed by atoms with E-state index in [4.69, 9.17) is 0 Å². The summed E-state index contributed by atoms with van der Waals surface area (Å²) in [6.45, 7) is 6.21. The summed E-state index contributed by atoms with van der Waals surface area (Å²) in [5.41, 5.74) is 6.44. The van der Waals surface area contributed by atoms with Crippen molar-refractivity contribution in [2.24, 2.45) is 0 Å². The Morgan fingerprint density at radius 1 is 1.12 bits per heavy atom. The van der Waals surface area contributed by atoms with E-state index < -0.39 is 5.97 Å². The van der Waals surface area contributed by atoms with Gasteiger partial charge < -0.3 is 5.11 Å². The number of carboxylic acids is 1. The number of halogens is 1. The number of fused-ring (bicyclic) bond motifs is 1. The Kier molecular flexibility index (Phi) is 4.58. The van der Waals surface area contributed by atoms with Crippen molar-refractivity contribution >= 4 is 23.2 Å². The highest BCUT2D eigenvalue weighted by Crippen LogP contribution is 2.43. The van der Waals surface area contributed by atoms with Crippen LogP contribution in [0.15, 0.2) is 48.0 Å². The number of hydrogen-bond acceptors (Lipinski definition) is 1. The summed E-state index contributed by atoms with van der Waals surface area (Å²) in [7, 11) is 0. The molecule has 3 heteroatoms. The van der Waals surface area contributed by atoms with Gasteiger partial charge in [-0.2, -0.15) is 0 Å². The highest BCUT2D eigenvalue weighted by atomic mass is 19.1. The number of benzene rings is 2. The molecule has 0 heterocycles. The molecule has 2 aromatic rings. The van der Waals surface area contributed by atoms with Gasteiger partial charge in [0, 0.05) is 0 Å². The molecule has 1 aliphatic rings. The van der Waals surface area contributed by atoms with Gasteiger partial charge in [0.1, 0.15) is 5.82 Å². The summed E-state index contributed by atoms with van der Waals surface area (Å²) in [6, 6.07) is 12.9. The molecule has 1 N–H and O–H groups in total. The molecule has 0 saturated carbocycles. The smallest absolute Gasteiger partial charge is 0.307 e. The van der Waals surface area contributed by atoms with Crippen molar-refractivity contribution in [1.82, 2.24) is 0 Å². The van der Waals surface area contributed by atoms with E-state index in [9.17, 15) is 14.3 Å². The molecule has 0 saturated heterocycles. The Bertz CT molecular complexity index is 887. The van der Waals surface area contributed by atoms with Crippen LogP contribution in [0.5, 0.6) is 0 Å². The molecule has 0 amide bonds. The molecule has 2 aromatic carbocycles. The van der Waals surface area contributed by atoms with Gasteiger partial charge >= 0.3 is 5.97 Å². The molecule has 0 fully saturated rings. The maximum absolute atomic E-state index is 13.7. The van der Waals surface area contributed by atoms with Gasteiger partial charge in [-0.05, 0) is 70.0 Å². The summed E-state index contributed by atoms with van der Waals surface area (Å²) >= 11 is 0. The molecule has 3 rings (SSSR count). The van der Waals surface area contributed by atoms with Crippen molar-refractivity contribution in [1.29, 1.82) is 0 Å². The zero-order valence-electron chi connectivity index (χ0n) is 14.6. The van der Waals surface area contributed by atoms with E-state index in [2.05, 4.69) is 38.1 Å². The Balaban J connectivity index is 2.09. The zero-order chi connectivity index (χ0) is 18.1. The maximum Gasteiger partial charge on any atom is 0.307 e. The predicted octanol–water partition coefficient (Wildman–Crippen LogP) is 5.75. The molecule has 1 aliphatic carbocycles. The maximum atomic E-state index is 13.7. The Morgan fingerprint density at radius 2 is 1.80 bits per heavy atom. The quantitative estimate of drug-likeness (QED) is 0.771. The van der Waals surface area contributed by atoms with Gasteiger partial charge in [0.25, 0.3) is 0 Å². The van der Waals surface area contributed by atoms with Crippen LogP contribution in [0.3, 0.4) is 0 Å². The lowest BCUT2D eigenvalue weighted by molar-refractivity contribution is -0.135. The minimum atomic E-state index is -0.910. The zero-order valence-corrected chi connectivity index (χ0v) is 14.6. The number of hydrogen-bond donors (Lipinski definition) is 1. The second kappa shape index (κ2) is 6.67. The number of carbonyl (C=O) groups is 1. The molecule has 0 unspecified atom stereocenters. The van der Waals surface area contributed by atoms with E-state index in [0.29, 0.717) is 17.1 Å². The topological polar surface area (TPSA) is 37.3 Å². The lowest BCUT2D eigenvalue weighted by Crippen LogP contribution is -1.97. The van der Waals surface area contributed by atoms with Crippen LogP contribution >= 0.6 is 0 Å². The fraction of sp³-hybridized carbons (Fsp3) is 0.227. The molecular formula is C22H21FO2. The summed E-state index contributed by atoms with van der Waals surface area (Å²) in [6.07, 6.45) is 1.94. The first-order chi connectivity index (χ1) is 11.9. The van der Waals surface area contributed by atoms with Gasteiger partial charge in [-0.1, -0.05) is 44.2 Å². The van der Waals surface area contributed by atoms with Gasteiger partial charge in [-0.3, -0.25) is 4.79 Å². The molecule has 0 aromatic heterocycles. The van der Waals surface area contributed by atoms with Gasteiger partial charge in [-0.15, -0.1) is 0 Å². The molecule has 128 valence electrons. The van der Waals surface area contributed by atoms with Crippen molar-refractivity contribution in [3.8, 4) is 0 Å². The van der Waals surface area contributed by atoms with Crippen LogP contribution < -0.4 is 0 Å². The average Bonchev–Trinajstić information content (AvgIpc) is 2.80. The fourth-order valence-electron chi connectivity index (χ4n) is 3.28. The van der Waals surface area contributed by atoms with Crippen molar-refractivity contribution in [3.63, 3.8) is 0 Å². The highest BCUT2D eigenvalue weighted by molar-refractivity contribution is 6.07. The molecule has 0 atom stereocenters. The van der Waals surface area contributed by atoms with E-state index in [-0.39, 0.29) is 12.2 Å². The lowest BCUT2D eigenvalue weighted by atomic mass is 9.98. The predicted molar refractivity (Wildman–Crippen MR) is 99.6 cm³/mol. The average molecular weight is 336 g/mol. The summed E-state index contributed by atoms with van der Waals surface area (Å²) in [5, 5.41) is 9.20. The van der Waals surface area contributed by atoms with Crippen LogP contribution in [0, 0.1) is 5.82 Å². The molecule has 0 bridgehead atoms. The SMILES string of the molecule is CC1=C(CC(=O)O)c2cc(F)ccc2C1=Cc1ccc(C(C)C)cc1. The molecular weight excluding hydrogens is 315 g/mol. The van der Waals surface area contributed by atoms with Crippen molar-refractivity contribution in [2.45, 2.75) is 33.1 Å². The van der Waals surface area contributed by atoms with Gasteiger partial charge in [0.05, 0.1) is 6.42 Å². The molecule has 0 spiro atoms. The fourth-order valence-corrected chi connectivity index (χ4v) is 3.28. The third kappa shape index (κ3) is 3.41. The van der Waals surface area contributed by atoms with Gasteiger partial charge in [0.15, 0.2) is 0 Å².